The van der Waals surface area contributed by atoms with Crippen molar-refractivity contribution in [3.8, 4) is 17.2 Å². The van der Waals surface area contributed by atoms with Crippen LogP contribution < -0.4 is 5.32 Å². The van der Waals surface area contributed by atoms with Crippen molar-refractivity contribution in [1.82, 2.24) is 19.8 Å². The minimum atomic E-state index is -1.92. The summed E-state index contributed by atoms with van der Waals surface area (Å²) in [5.41, 5.74) is 0.235. The fraction of sp³-hybridized carbons (Fsp3) is 0.412. The maximum atomic E-state index is 17.0. The first-order chi connectivity index (χ1) is 22.4. The van der Waals surface area contributed by atoms with Crippen LogP contribution >= 0.6 is 23.2 Å². The van der Waals surface area contributed by atoms with Crippen LogP contribution in [0.4, 0.5) is 13.6 Å². The number of carboxylic acid groups (broad SMARTS) is 1. The third-order valence-electron chi connectivity index (χ3n) is 9.96. The summed E-state index contributed by atoms with van der Waals surface area (Å²) < 4.78 is 33.7. The van der Waals surface area contributed by atoms with E-state index in [0.717, 1.165) is 0 Å². The lowest BCUT2D eigenvalue weighted by molar-refractivity contribution is -0.128. The molecule has 4 aliphatic rings. The second-order valence-corrected chi connectivity index (χ2v) is 13.7. The van der Waals surface area contributed by atoms with Crippen molar-refractivity contribution in [3.05, 3.63) is 63.1 Å². The molecule has 2 unspecified atom stereocenters. The van der Waals surface area contributed by atoms with Crippen LogP contribution in [-0.4, -0.2) is 54.9 Å². The Balaban J connectivity index is 1.54. The van der Waals surface area contributed by atoms with E-state index in [1.807, 2.05) is 4.57 Å². The zero-order valence-corrected chi connectivity index (χ0v) is 27.0. The molecule has 47 heavy (non-hydrogen) atoms. The Morgan fingerprint density at radius 3 is 2.62 bits per heavy atom. The maximum absolute atomic E-state index is 17.0. The van der Waals surface area contributed by atoms with Gasteiger partial charge in [0.15, 0.2) is 11.5 Å². The number of amides is 2. The van der Waals surface area contributed by atoms with Crippen LogP contribution in [-0.2, 0) is 11.2 Å². The molecule has 0 spiro atoms. The van der Waals surface area contributed by atoms with Crippen molar-refractivity contribution in [2.24, 2.45) is 5.92 Å². The van der Waals surface area contributed by atoms with Crippen LogP contribution in [0.5, 0.6) is 0 Å². The molecule has 244 valence electrons. The van der Waals surface area contributed by atoms with E-state index in [0.29, 0.717) is 46.1 Å². The number of pyridine rings is 1. The summed E-state index contributed by atoms with van der Waals surface area (Å²) in [4.78, 5) is 31.0. The molecular weight excluding hydrogens is 651 g/mol. The summed E-state index contributed by atoms with van der Waals surface area (Å²) in [6.45, 7) is 3.55. The number of alkyl halides is 1. The van der Waals surface area contributed by atoms with Crippen LogP contribution in [0, 0.1) is 23.1 Å². The average molecular weight is 683 g/mol. The number of benzene rings is 2. The Morgan fingerprint density at radius 1 is 1.23 bits per heavy atom. The minimum absolute atomic E-state index is 0.0507. The van der Waals surface area contributed by atoms with Crippen molar-refractivity contribution in [1.29, 1.82) is 5.26 Å². The number of aliphatic hydroxyl groups is 1. The Kier molecular flexibility index (Phi) is 7.62. The SMILES string of the molecule is CC(O)c1nc2c(F)c(-c3cccc(Cl)c3Cl)c(CCC#N)cc2c2c1cc(C(C)NC(=O)C1(F)CC1)n2[C@H]1[C@@H]2C[C@H]1N(C(=O)O)C2. The standard InChI is InChI=1S/C34H31Cl2F2N5O4/c1-15(40-32(45)34(38)8-9-34)23-13-21-28(16(2)44)41-29-20(31(21)43(23)30-18-12-24(30)42(14-18)33(46)47)11-17(5-4-10-39)25(27(29)37)19-6-3-7-22(35)26(19)36/h3,6-7,11,13,15-16,18,24,30,44H,4-5,8-9,12,14H2,1-2H3,(H,40,45)(H,46,47)/t15?,16?,18-,24-,30+/m1/s1. The van der Waals surface area contributed by atoms with Gasteiger partial charge in [0, 0.05) is 46.5 Å². The van der Waals surface area contributed by atoms with Gasteiger partial charge in [-0.3, -0.25) is 4.79 Å². The van der Waals surface area contributed by atoms with Gasteiger partial charge in [0.05, 0.1) is 51.6 Å². The van der Waals surface area contributed by atoms with Gasteiger partial charge in [0.25, 0.3) is 5.91 Å². The van der Waals surface area contributed by atoms with Gasteiger partial charge in [-0.2, -0.15) is 5.26 Å². The monoisotopic (exact) mass is 681 g/mol. The first kappa shape index (κ1) is 31.6. The van der Waals surface area contributed by atoms with Gasteiger partial charge < -0.3 is 25.0 Å². The molecule has 8 rings (SSSR count). The molecule has 3 N–H and O–H groups in total. The molecule has 2 aliphatic heterocycles. The number of nitrogens with one attached hydrogen (secondary N) is 1. The first-order valence-corrected chi connectivity index (χ1v) is 16.3. The number of carbonyl (C=O) groups is 2. The highest BCUT2D eigenvalue weighted by atomic mass is 35.5. The van der Waals surface area contributed by atoms with Gasteiger partial charge in [-0.25, -0.2) is 18.6 Å². The Hall–Kier alpha value is -3.98. The number of aryl methyl sites for hydroxylation is 1. The van der Waals surface area contributed by atoms with Gasteiger partial charge in [-0.1, -0.05) is 35.3 Å². The van der Waals surface area contributed by atoms with Crippen molar-refractivity contribution in [2.45, 2.75) is 75.8 Å². The van der Waals surface area contributed by atoms with Crippen LogP contribution in [0.3, 0.4) is 0 Å². The quantitative estimate of drug-likeness (QED) is 0.177. The molecule has 2 aromatic heterocycles. The number of halogens is 4. The molecule has 5 atom stereocenters. The van der Waals surface area contributed by atoms with E-state index < -0.39 is 35.6 Å². The highest BCUT2D eigenvalue weighted by Gasteiger charge is 2.56. The van der Waals surface area contributed by atoms with Crippen LogP contribution in [0.2, 0.25) is 10.0 Å². The second kappa shape index (κ2) is 11.3. The lowest BCUT2D eigenvalue weighted by atomic mass is 9.79. The zero-order valence-electron chi connectivity index (χ0n) is 25.5. The molecule has 2 saturated heterocycles. The van der Waals surface area contributed by atoms with Crippen LogP contribution in [0.1, 0.15) is 74.7 Å². The largest absolute Gasteiger partial charge is 0.465 e. The van der Waals surface area contributed by atoms with Gasteiger partial charge >= 0.3 is 6.09 Å². The van der Waals surface area contributed by atoms with Crippen molar-refractivity contribution < 1.29 is 28.6 Å². The van der Waals surface area contributed by atoms with Crippen LogP contribution in [0.25, 0.3) is 32.9 Å². The molecule has 0 radical (unpaired) electrons. The summed E-state index contributed by atoms with van der Waals surface area (Å²) in [5.74, 6) is -1.50. The molecule has 4 heterocycles. The normalized spacial score (nSPS) is 22.2. The van der Waals surface area contributed by atoms with Gasteiger partial charge in [-0.15, -0.1) is 0 Å². The molecule has 4 fully saturated rings. The lowest BCUT2D eigenvalue weighted by Crippen LogP contribution is -2.43. The van der Waals surface area contributed by atoms with Crippen LogP contribution in [0.15, 0.2) is 30.3 Å². The van der Waals surface area contributed by atoms with E-state index in [4.69, 9.17) is 23.2 Å². The third kappa shape index (κ3) is 4.91. The van der Waals surface area contributed by atoms with Crippen molar-refractivity contribution in [2.75, 3.05) is 6.54 Å². The molecule has 2 saturated carbocycles. The van der Waals surface area contributed by atoms with E-state index >= 15 is 4.39 Å². The molecular formula is C34H31Cl2F2N5O4. The molecule has 13 heteroatoms. The number of nitriles is 1. The lowest BCUT2D eigenvalue weighted by Gasteiger charge is -2.39. The number of carbonyl (C=O) groups excluding carboxylic acids is 1. The fourth-order valence-electron chi connectivity index (χ4n) is 7.46. The summed E-state index contributed by atoms with van der Waals surface area (Å²) in [5, 5.41) is 34.4. The van der Waals surface area contributed by atoms with E-state index in [2.05, 4.69) is 16.4 Å². The van der Waals surface area contributed by atoms with E-state index in [1.165, 1.54) is 11.8 Å². The first-order valence-electron chi connectivity index (χ1n) is 15.5. The highest BCUT2D eigenvalue weighted by molar-refractivity contribution is 6.43. The molecule has 4 aromatic rings. The smallest absolute Gasteiger partial charge is 0.407 e. The summed E-state index contributed by atoms with van der Waals surface area (Å²) >= 11 is 12.9. The number of aliphatic hydroxyl groups excluding tert-OH is 1. The number of nitrogens with zero attached hydrogens (tertiary/aromatic N) is 4. The number of rotatable bonds is 8. The van der Waals surface area contributed by atoms with Crippen molar-refractivity contribution in [3.63, 3.8) is 0 Å². The van der Waals surface area contributed by atoms with Crippen molar-refractivity contribution >= 4 is 57.0 Å². The fourth-order valence-corrected chi connectivity index (χ4v) is 7.85. The predicted octanol–water partition coefficient (Wildman–Crippen LogP) is 7.41. The van der Waals surface area contributed by atoms with Gasteiger partial charge in [0.2, 0.25) is 0 Å². The Morgan fingerprint density at radius 2 is 1.98 bits per heavy atom. The summed E-state index contributed by atoms with van der Waals surface area (Å²) in [6, 6.07) is 9.07. The maximum Gasteiger partial charge on any atom is 0.407 e. The number of aromatic nitrogens is 2. The predicted molar refractivity (Wildman–Crippen MR) is 173 cm³/mol. The molecule has 2 bridgehead atoms. The number of hydrogen-bond acceptors (Lipinski definition) is 5. The molecule has 2 aromatic carbocycles. The molecule has 9 nitrogen and oxygen atoms in total. The van der Waals surface area contributed by atoms with Gasteiger partial charge in [-0.05, 0) is 63.3 Å². The number of hydrogen-bond donors (Lipinski definition) is 3. The van der Waals surface area contributed by atoms with E-state index in [-0.39, 0.29) is 70.5 Å². The van der Waals surface area contributed by atoms with E-state index in [9.17, 15) is 29.5 Å². The van der Waals surface area contributed by atoms with Gasteiger partial charge in [0.1, 0.15) is 5.52 Å². The Bertz CT molecular complexity index is 2040. The third-order valence-corrected chi connectivity index (χ3v) is 10.8. The number of fused-ring (bicyclic) bond motifs is 4. The summed E-state index contributed by atoms with van der Waals surface area (Å²) in [6.07, 6.45) is -1.01. The molecule has 2 amide bonds. The summed E-state index contributed by atoms with van der Waals surface area (Å²) in [7, 11) is 0. The Labute approximate surface area is 278 Å². The highest BCUT2D eigenvalue weighted by Crippen LogP contribution is 2.53. The topological polar surface area (TPSA) is 131 Å². The average Bonchev–Trinajstić information content (AvgIpc) is 3.33. The molecule has 2 aliphatic carbocycles. The minimum Gasteiger partial charge on any atom is -0.465 e. The zero-order chi connectivity index (χ0) is 33.5. The van der Waals surface area contributed by atoms with E-state index in [1.54, 1.807) is 37.3 Å². The second-order valence-electron chi connectivity index (χ2n) is 12.9.